The Morgan fingerprint density at radius 3 is 2.61 bits per heavy atom. The zero-order valence-corrected chi connectivity index (χ0v) is 20.1. The van der Waals surface area contributed by atoms with Crippen LogP contribution < -0.4 is 0 Å². The maximum absolute atomic E-state index is 13.2. The molecule has 0 bridgehead atoms. The second-order valence-electron chi connectivity index (χ2n) is 11.4. The van der Waals surface area contributed by atoms with Gasteiger partial charge in [0.05, 0.1) is 23.7 Å². The van der Waals surface area contributed by atoms with Gasteiger partial charge in [0.1, 0.15) is 17.8 Å². The van der Waals surface area contributed by atoms with Crippen molar-refractivity contribution in [2.24, 2.45) is 29.1 Å². The van der Waals surface area contributed by atoms with Crippen LogP contribution in [0.5, 0.6) is 0 Å². The quantitative estimate of drug-likeness (QED) is 0.496. The predicted molar refractivity (Wildman–Crippen MR) is 122 cm³/mol. The number of hydrogen-bond donors (Lipinski definition) is 2. The summed E-state index contributed by atoms with van der Waals surface area (Å²) in [5, 5.41) is 20.2. The van der Waals surface area contributed by atoms with Crippen molar-refractivity contribution in [3.8, 4) is 0 Å². The summed E-state index contributed by atoms with van der Waals surface area (Å²) in [6.07, 6.45) is 10.3. The Balaban J connectivity index is 1.31. The molecule has 3 aliphatic carbocycles. The van der Waals surface area contributed by atoms with Gasteiger partial charge in [-0.1, -0.05) is 44.6 Å². The van der Waals surface area contributed by atoms with Crippen LogP contribution in [0.15, 0.2) is 23.3 Å². The fraction of sp³-hybridized carbons (Fsp3) is 0.778. The van der Waals surface area contributed by atoms with Crippen LogP contribution in [-0.2, 0) is 19.1 Å². The molecule has 9 atom stereocenters. The largest absolute Gasteiger partial charge is 0.458 e. The van der Waals surface area contributed by atoms with E-state index in [1.807, 2.05) is 13.8 Å². The Bertz CT molecular complexity index is 891. The monoisotopic (exact) mass is 458 g/mol. The number of aliphatic hydroxyl groups is 2. The number of cyclic esters (lactones) is 1. The van der Waals surface area contributed by atoms with Crippen LogP contribution in [0, 0.1) is 29.1 Å². The molecule has 6 nitrogen and oxygen atoms in total. The minimum absolute atomic E-state index is 0.0137. The van der Waals surface area contributed by atoms with Gasteiger partial charge in [-0.3, -0.25) is 4.79 Å². The maximum Gasteiger partial charge on any atom is 0.336 e. The molecule has 0 aromatic carbocycles. The van der Waals surface area contributed by atoms with Crippen LogP contribution in [0.2, 0.25) is 0 Å². The average Bonchev–Trinajstić information content (AvgIpc) is 3.49. The van der Waals surface area contributed by atoms with Crippen molar-refractivity contribution in [2.45, 2.75) is 96.1 Å². The van der Waals surface area contributed by atoms with Gasteiger partial charge in [0.15, 0.2) is 5.78 Å². The normalized spacial score (nSPS) is 46.2. The molecule has 33 heavy (non-hydrogen) atoms. The first-order valence-corrected chi connectivity index (χ1v) is 12.8. The number of rotatable bonds is 3. The average molecular weight is 459 g/mol. The zero-order chi connectivity index (χ0) is 23.5. The number of esters is 1. The molecule has 1 spiro atoms. The lowest BCUT2D eigenvalue weighted by Gasteiger charge is -2.50. The highest BCUT2D eigenvalue weighted by Gasteiger charge is 2.78. The summed E-state index contributed by atoms with van der Waals surface area (Å²) in [7, 11) is 0. The molecule has 182 valence electrons. The number of carbonyl (C=O) groups excluding carboxylic acids is 2. The third-order valence-corrected chi connectivity index (χ3v) is 10.0. The smallest absolute Gasteiger partial charge is 0.336 e. The van der Waals surface area contributed by atoms with Crippen molar-refractivity contribution in [2.75, 3.05) is 6.61 Å². The van der Waals surface area contributed by atoms with Crippen LogP contribution in [0.3, 0.4) is 0 Å². The van der Waals surface area contributed by atoms with Crippen molar-refractivity contribution >= 4 is 11.8 Å². The van der Waals surface area contributed by atoms with Crippen LogP contribution >= 0.6 is 0 Å². The van der Waals surface area contributed by atoms with E-state index in [2.05, 4.69) is 6.92 Å². The Kier molecular flexibility index (Phi) is 5.86. The first kappa shape index (κ1) is 23.3. The van der Waals surface area contributed by atoms with E-state index in [1.165, 1.54) is 0 Å². The molecular weight excluding hydrogens is 420 g/mol. The number of allylic oxidation sites excluding steroid dienone is 1. The summed E-state index contributed by atoms with van der Waals surface area (Å²) < 4.78 is 11.9. The first-order valence-electron chi connectivity index (χ1n) is 12.8. The number of carbonyl (C=O) groups is 2. The first-order chi connectivity index (χ1) is 15.7. The highest BCUT2D eigenvalue weighted by molar-refractivity contribution is 5.98. The fourth-order valence-electron chi connectivity index (χ4n) is 7.92. The van der Waals surface area contributed by atoms with E-state index in [-0.39, 0.29) is 42.4 Å². The molecule has 6 heteroatoms. The van der Waals surface area contributed by atoms with E-state index in [0.717, 1.165) is 50.5 Å². The third kappa shape index (κ3) is 3.39. The Morgan fingerprint density at radius 2 is 1.91 bits per heavy atom. The summed E-state index contributed by atoms with van der Waals surface area (Å²) in [6.45, 7) is 5.92. The summed E-state index contributed by atoms with van der Waals surface area (Å²) in [4.78, 5) is 25.5. The Hall–Kier alpha value is -1.50. The van der Waals surface area contributed by atoms with Crippen LogP contribution in [0.25, 0.3) is 0 Å². The maximum atomic E-state index is 13.2. The molecule has 0 radical (unpaired) electrons. The molecule has 5 aliphatic rings. The molecule has 2 saturated carbocycles. The minimum atomic E-state index is -0.717. The molecule has 5 rings (SSSR count). The summed E-state index contributed by atoms with van der Waals surface area (Å²) in [5.74, 6) is 1.13. The van der Waals surface area contributed by atoms with E-state index in [0.29, 0.717) is 23.8 Å². The predicted octanol–water partition coefficient (Wildman–Crippen LogP) is 3.50. The van der Waals surface area contributed by atoms with Gasteiger partial charge < -0.3 is 19.7 Å². The zero-order valence-electron chi connectivity index (χ0n) is 20.1. The number of ether oxygens (including phenoxy) is 2. The second kappa shape index (κ2) is 8.31. The molecule has 0 amide bonds. The van der Waals surface area contributed by atoms with Crippen molar-refractivity contribution in [1.82, 2.24) is 0 Å². The van der Waals surface area contributed by atoms with Gasteiger partial charge in [-0.2, -0.15) is 0 Å². The van der Waals surface area contributed by atoms with E-state index in [4.69, 9.17) is 9.47 Å². The van der Waals surface area contributed by atoms with Gasteiger partial charge in [-0.05, 0) is 62.5 Å². The second-order valence-corrected chi connectivity index (χ2v) is 11.4. The van der Waals surface area contributed by atoms with Crippen molar-refractivity contribution < 1.29 is 29.3 Å². The highest BCUT2D eigenvalue weighted by atomic mass is 16.6. The van der Waals surface area contributed by atoms with Crippen LogP contribution in [-0.4, -0.2) is 52.5 Å². The topological polar surface area (TPSA) is 96.4 Å². The summed E-state index contributed by atoms with van der Waals surface area (Å²) in [5.41, 5.74) is -0.0135. The summed E-state index contributed by atoms with van der Waals surface area (Å²) in [6, 6.07) is 0. The van der Waals surface area contributed by atoms with Gasteiger partial charge in [0, 0.05) is 6.42 Å². The third-order valence-electron chi connectivity index (χ3n) is 10.0. The molecule has 2 N–H and O–H groups in total. The number of hydrogen-bond acceptors (Lipinski definition) is 6. The highest BCUT2D eigenvalue weighted by Crippen LogP contribution is 2.67. The van der Waals surface area contributed by atoms with Crippen molar-refractivity contribution in [3.05, 3.63) is 23.3 Å². The van der Waals surface area contributed by atoms with Gasteiger partial charge in [-0.25, -0.2) is 4.79 Å². The molecule has 2 heterocycles. The van der Waals surface area contributed by atoms with Gasteiger partial charge >= 0.3 is 5.97 Å². The van der Waals surface area contributed by atoms with Crippen LogP contribution in [0.4, 0.5) is 0 Å². The van der Waals surface area contributed by atoms with Crippen molar-refractivity contribution in [3.63, 3.8) is 0 Å². The molecule has 9 unspecified atom stereocenters. The lowest BCUT2D eigenvalue weighted by molar-refractivity contribution is -0.150. The molecule has 0 aromatic heterocycles. The van der Waals surface area contributed by atoms with Crippen molar-refractivity contribution in [1.29, 1.82) is 0 Å². The number of epoxide rings is 1. The van der Waals surface area contributed by atoms with E-state index in [1.54, 1.807) is 12.2 Å². The fourth-order valence-corrected chi connectivity index (χ4v) is 7.92. The number of fused-ring (bicyclic) bond motifs is 2. The standard InChI is InChI=1S/C27H38O6/c1-15-12-21(32-25(31)19(15)14-28)16(2)17-6-4-8-18-13-24-27(33-24)23(30)11-10-22(29)26(27,3)20(18)9-5-7-17/h10-11,16-18,20-21,23-24,28,30H,4-9,12-14H2,1-3H3. The molecular formula is C27H38O6. The SMILES string of the molecule is CC1=C(CO)C(=O)OC(C(C)C2CCCC3CC4OC45C(O)C=CC(=O)C5(C)C3CCC2)C1. The van der Waals surface area contributed by atoms with E-state index < -0.39 is 17.1 Å². The van der Waals surface area contributed by atoms with Gasteiger partial charge in [0.25, 0.3) is 0 Å². The minimum Gasteiger partial charge on any atom is -0.458 e. The van der Waals surface area contributed by atoms with E-state index >= 15 is 0 Å². The van der Waals surface area contributed by atoms with Gasteiger partial charge in [0.2, 0.25) is 0 Å². The Morgan fingerprint density at radius 1 is 1.18 bits per heavy atom. The van der Waals surface area contributed by atoms with Gasteiger partial charge in [-0.15, -0.1) is 0 Å². The number of aliphatic hydroxyl groups excluding tert-OH is 2. The summed E-state index contributed by atoms with van der Waals surface area (Å²) >= 11 is 0. The Labute approximate surface area is 196 Å². The molecule has 1 saturated heterocycles. The lowest BCUT2D eigenvalue weighted by atomic mass is 9.51. The molecule has 3 fully saturated rings. The van der Waals surface area contributed by atoms with E-state index in [9.17, 15) is 19.8 Å². The lowest BCUT2D eigenvalue weighted by Crippen LogP contribution is -2.60. The number of ketones is 1. The molecule has 2 aliphatic heterocycles. The van der Waals surface area contributed by atoms with Crippen LogP contribution in [0.1, 0.15) is 72.1 Å². The molecule has 0 aromatic rings.